The van der Waals surface area contributed by atoms with Crippen molar-refractivity contribution in [2.45, 2.75) is 39.3 Å². The van der Waals surface area contributed by atoms with Crippen molar-refractivity contribution in [1.29, 1.82) is 0 Å². The number of nitrogens with zero attached hydrogens (tertiary/aromatic N) is 2. The largest absolute Gasteiger partial charge is 0.497 e. The summed E-state index contributed by atoms with van der Waals surface area (Å²) in [4.78, 5) is 42.5. The molecule has 2 aromatic carbocycles. The Morgan fingerprint density at radius 3 is 2.42 bits per heavy atom. The Bertz CT molecular complexity index is 977. The fourth-order valence-corrected chi connectivity index (χ4v) is 4.10. The van der Waals surface area contributed by atoms with Gasteiger partial charge in [-0.2, -0.15) is 0 Å². The van der Waals surface area contributed by atoms with Gasteiger partial charge in [-0.25, -0.2) is 0 Å². The van der Waals surface area contributed by atoms with Crippen LogP contribution in [0.3, 0.4) is 0 Å². The maximum Gasteiger partial charge on any atom is 0.252 e. The van der Waals surface area contributed by atoms with Crippen molar-refractivity contribution in [3.8, 4) is 5.75 Å². The van der Waals surface area contributed by atoms with Crippen LogP contribution < -0.4 is 10.1 Å². The van der Waals surface area contributed by atoms with Gasteiger partial charge >= 0.3 is 0 Å². The van der Waals surface area contributed by atoms with E-state index in [-0.39, 0.29) is 29.7 Å². The molecule has 1 N–H and O–H groups in total. The molecule has 0 aliphatic carbocycles. The van der Waals surface area contributed by atoms with E-state index in [0.29, 0.717) is 37.4 Å². The molecule has 0 radical (unpaired) electrons. The molecule has 3 rings (SSSR count). The summed E-state index contributed by atoms with van der Waals surface area (Å²) in [5, 5.41) is 2.90. The molecule has 2 aromatic rings. The second-order valence-corrected chi connectivity index (χ2v) is 8.81. The molecule has 2 unspecified atom stereocenters. The SMILES string of the molecule is COc1cccc(C(=O)NC(C(=O)N2CCN(C(=O)Cc3ccccc3)C(C)C2)C(C)C)c1. The summed E-state index contributed by atoms with van der Waals surface area (Å²) in [7, 11) is 1.54. The summed E-state index contributed by atoms with van der Waals surface area (Å²) in [6.07, 6.45) is 0.352. The first-order valence-electron chi connectivity index (χ1n) is 11.4. The van der Waals surface area contributed by atoms with E-state index >= 15 is 0 Å². The number of benzene rings is 2. The van der Waals surface area contributed by atoms with Crippen molar-refractivity contribution in [2.24, 2.45) is 5.92 Å². The Labute approximate surface area is 195 Å². The van der Waals surface area contributed by atoms with Gasteiger partial charge in [0, 0.05) is 31.2 Å². The second kappa shape index (κ2) is 11.0. The highest BCUT2D eigenvalue weighted by Crippen LogP contribution is 2.17. The summed E-state index contributed by atoms with van der Waals surface area (Å²) < 4.78 is 5.19. The van der Waals surface area contributed by atoms with Crippen LogP contribution in [0.15, 0.2) is 54.6 Å². The molecule has 1 saturated heterocycles. The normalized spacial score (nSPS) is 16.9. The summed E-state index contributed by atoms with van der Waals surface area (Å²) in [5.74, 6) is 0.127. The van der Waals surface area contributed by atoms with Gasteiger partial charge in [0.1, 0.15) is 11.8 Å². The topological polar surface area (TPSA) is 79.0 Å². The van der Waals surface area contributed by atoms with Gasteiger partial charge in [0.2, 0.25) is 11.8 Å². The number of nitrogens with one attached hydrogen (secondary N) is 1. The minimum Gasteiger partial charge on any atom is -0.497 e. The first kappa shape index (κ1) is 24.3. The predicted octanol–water partition coefficient (Wildman–Crippen LogP) is 2.75. The molecule has 7 nitrogen and oxygen atoms in total. The van der Waals surface area contributed by atoms with Gasteiger partial charge < -0.3 is 19.9 Å². The average Bonchev–Trinajstić information content (AvgIpc) is 2.82. The fourth-order valence-electron chi connectivity index (χ4n) is 4.10. The molecule has 0 bridgehead atoms. The number of carbonyl (C=O) groups excluding carboxylic acids is 3. The standard InChI is InChI=1S/C26H33N3O4/c1-18(2)24(27-25(31)21-11-8-12-22(16-21)33-4)26(32)28-13-14-29(19(3)17-28)23(30)15-20-9-6-5-7-10-20/h5-12,16,18-19,24H,13-15,17H2,1-4H3,(H,27,31). The molecule has 7 heteroatoms. The van der Waals surface area contributed by atoms with Gasteiger partial charge in [0.25, 0.3) is 5.91 Å². The smallest absolute Gasteiger partial charge is 0.252 e. The Kier molecular flexibility index (Phi) is 8.09. The van der Waals surface area contributed by atoms with Crippen LogP contribution in [0.2, 0.25) is 0 Å². The molecule has 0 aromatic heterocycles. The van der Waals surface area contributed by atoms with E-state index in [1.165, 1.54) is 0 Å². The molecule has 33 heavy (non-hydrogen) atoms. The van der Waals surface area contributed by atoms with Gasteiger partial charge in [-0.15, -0.1) is 0 Å². The van der Waals surface area contributed by atoms with E-state index < -0.39 is 6.04 Å². The van der Waals surface area contributed by atoms with Crippen molar-refractivity contribution in [3.63, 3.8) is 0 Å². The Morgan fingerprint density at radius 2 is 1.79 bits per heavy atom. The van der Waals surface area contributed by atoms with Crippen molar-refractivity contribution in [3.05, 3.63) is 65.7 Å². The highest BCUT2D eigenvalue weighted by molar-refractivity contribution is 5.98. The number of piperazine rings is 1. The average molecular weight is 452 g/mol. The first-order valence-corrected chi connectivity index (χ1v) is 11.4. The van der Waals surface area contributed by atoms with E-state index in [1.807, 2.05) is 56.0 Å². The maximum absolute atomic E-state index is 13.3. The molecule has 2 atom stereocenters. The second-order valence-electron chi connectivity index (χ2n) is 8.81. The maximum atomic E-state index is 13.3. The van der Waals surface area contributed by atoms with Crippen LogP contribution in [0.5, 0.6) is 5.75 Å². The lowest BCUT2D eigenvalue weighted by Crippen LogP contribution is -2.60. The van der Waals surface area contributed by atoms with Crippen LogP contribution in [0.1, 0.15) is 36.7 Å². The van der Waals surface area contributed by atoms with Gasteiger partial charge in [-0.1, -0.05) is 50.2 Å². The first-order chi connectivity index (χ1) is 15.8. The number of amides is 3. The third-order valence-electron chi connectivity index (χ3n) is 6.01. The van der Waals surface area contributed by atoms with Crippen molar-refractivity contribution >= 4 is 17.7 Å². The molecule has 1 heterocycles. The Hall–Kier alpha value is -3.35. The molecule has 0 spiro atoms. The molecule has 1 aliphatic heterocycles. The van der Waals surface area contributed by atoms with E-state index in [0.717, 1.165) is 5.56 Å². The van der Waals surface area contributed by atoms with E-state index in [9.17, 15) is 14.4 Å². The number of carbonyl (C=O) groups is 3. The lowest BCUT2D eigenvalue weighted by molar-refractivity contribution is -0.143. The third-order valence-corrected chi connectivity index (χ3v) is 6.01. The van der Waals surface area contributed by atoms with Crippen molar-refractivity contribution in [1.82, 2.24) is 15.1 Å². The molecule has 1 aliphatic rings. The van der Waals surface area contributed by atoms with E-state index in [1.54, 1.807) is 36.3 Å². The fraction of sp³-hybridized carbons (Fsp3) is 0.423. The van der Waals surface area contributed by atoms with E-state index in [2.05, 4.69) is 5.32 Å². The van der Waals surface area contributed by atoms with Gasteiger partial charge in [-0.05, 0) is 36.6 Å². The van der Waals surface area contributed by atoms with Crippen LogP contribution >= 0.6 is 0 Å². The van der Waals surface area contributed by atoms with Gasteiger partial charge in [-0.3, -0.25) is 14.4 Å². The zero-order valence-electron chi connectivity index (χ0n) is 19.8. The zero-order valence-corrected chi connectivity index (χ0v) is 19.8. The monoisotopic (exact) mass is 451 g/mol. The summed E-state index contributed by atoms with van der Waals surface area (Å²) >= 11 is 0. The van der Waals surface area contributed by atoms with E-state index in [4.69, 9.17) is 4.74 Å². The number of ether oxygens (including phenoxy) is 1. The minimum absolute atomic E-state index is 0.0625. The van der Waals surface area contributed by atoms with Crippen LogP contribution in [0.4, 0.5) is 0 Å². The quantitative estimate of drug-likeness (QED) is 0.702. The highest BCUT2D eigenvalue weighted by atomic mass is 16.5. The lowest BCUT2D eigenvalue weighted by atomic mass is 10.0. The zero-order chi connectivity index (χ0) is 24.0. The van der Waals surface area contributed by atoms with Gasteiger partial charge in [0.15, 0.2) is 0 Å². The number of hydrogen-bond acceptors (Lipinski definition) is 4. The summed E-state index contributed by atoms with van der Waals surface area (Å²) in [6, 6.07) is 15.8. The molecular weight excluding hydrogens is 418 g/mol. The third kappa shape index (κ3) is 6.12. The molecule has 0 saturated carbocycles. The summed E-state index contributed by atoms with van der Waals surface area (Å²) in [5.41, 5.74) is 1.42. The summed E-state index contributed by atoms with van der Waals surface area (Å²) in [6.45, 7) is 7.16. The van der Waals surface area contributed by atoms with Crippen LogP contribution in [-0.4, -0.2) is 66.3 Å². The van der Waals surface area contributed by atoms with Crippen molar-refractivity contribution < 1.29 is 19.1 Å². The highest BCUT2D eigenvalue weighted by Gasteiger charge is 2.34. The van der Waals surface area contributed by atoms with Crippen LogP contribution in [-0.2, 0) is 16.0 Å². The Balaban J connectivity index is 1.62. The number of rotatable bonds is 7. The number of methoxy groups -OCH3 is 1. The molecule has 3 amide bonds. The Morgan fingerprint density at radius 1 is 1.06 bits per heavy atom. The molecule has 176 valence electrons. The lowest BCUT2D eigenvalue weighted by Gasteiger charge is -2.41. The van der Waals surface area contributed by atoms with Crippen LogP contribution in [0.25, 0.3) is 0 Å². The molecular formula is C26H33N3O4. The molecule has 1 fully saturated rings. The minimum atomic E-state index is -0.650. The van der Waals surface area contributed by atoms with Gasteiger partial charge in [0.05, 0.1) is 13.5 Å². The van der Waals surface area contributed by atoms with Crippen molar-refractivity contribution in [2.75, 3.05) is 26.7 Å². The number of hydrogen-bond donors (Lipinski definition) is 1. The predicted molar refractivity (Wildman–Crippen MR) is 127 cm³/mol. The van der Waals surface area contributed by atoms with Crippen LogP contribution in [0, 0.1) is 5.92 Å².